The zero-order chi connectivity index (χ0) is 10.7. The second-order valence-electron chi connectivity index (χ2n) is 3.63. The molecular weight excluding hydrogens is 190 g/mol. The van der Waals surface area contributed by atoms with Gasteiger partial charge in [0.15, 0.2) is 11.6 Å². The van der Waals surface area contributed by atoms with Crippen LogP contribution in [0.4, 0.5) is 5.82 Å². The molecule has 1 aromatic heterocycles. The summed E-state index contributed by atoms with van der Waals surface area (Å²) < 4.78 is 5.32. The second-order valence-corrected chi connectivity index (χ2v) is 3.63. The van der Waals surface area contributed by atoms with Crippen LogP contribution < -0.4 is 15.0 Å². The number of hydrogen-bond acceptors (Lipinski definition) is 4. The van der Waals surface area contributed by atoms with E-state index < -0.39 is 0 Å². The first-order chi connectivity index (χ1) is 7.36. The monoisotopic (exact) mass is 207 g/mol. The first-order valence-corrected chi connectivity index (χ1v) is 5.33. The van der Waals surface area contributed by atoms with Gasteiger partial charge in [0.05, 0.1) is 13.2 Å². The maximum atomic E-state index is 5.32. The van der Waals surface area contributed by atoms with E-state index in [1.165, 1.54) is 0 Å². The van der Waals surface area contributed by atoms with E-state index in [0.717, 1.165) is 31.2 Å². The number of rotatable bonds is 4. The van der Waals surface area contributed by atoms with Crippen molar-refractivity contribution in [3.05, 3.63) is 18.3 Å². The molecule has 0 amide bonds. The van der Waals surface area contributed by atoms with Crippen LogP contribution in [0.3, 0.4) is 0 Å². The van der Waals surface area contributed by atoms with Gasteiger partial charge in [0, 0.05) is 25.8 Å². The first-order valence-electron chi connectivity index (χ1n) is 5.33. The molecule has 1 fully saturated rings. The summed E-state index contributed by atoms with van der Waals surface area (Å²) >= 11 is 0. The summed E-state index contributed by atoms with van der Waals surface area (Å²) in [6.07, 6.45) is 1.81. The fourth-order valence-corrected chi connectivity index (χ4v) is 1.83. The lowest BCUT2D eigenvalue weighted by Crippen LogP contribution is -2.57. The maximum Gasteiger partial charge on any atom is 0.171 e. The average Bonchev–Trinajstić information content (AvgIpc) is 2.23. The maximum absolute atomic E-state index is 5.32. The molecule has 0 radical (unpaired) electrons. The number of likely N-dealkylation sites (N-methyl/N-ethyl adjacent to an activating group) is 1. The van der Waals surface area contributed by atoms with Gasteiger partial charge in [-0.05, 0) is 19.1 Å². The highest BCUT2D eigenvalue weighted by atomic mass is 16.5. The van der Waals surface area contributed by atoms with Crippen molar-refractivity contribution in [3.8, 4) is 5.75 Å². The number of pyridine rings is 1. The zero-order valence-electron chi connectivity index (χ0n) is 9.23. The van der Waals surface area contributed by atoms with E-state index in [4.69, 9.17) is 4.74 Å². The Labute approximate surface area is 90.3 Å². The van der Waals surface area contributed by atoms with Crippen molar-refractivity contribution < 1.29 is 4.74 Å². The van der Waals surface area contributed by atoms with Crippen molar-refractivity contribution in [2.75, 3.05) is 31.6 Å². The molecule has 0 spiro atoms. The standard InChI is InChI=1S/C11H17N3O/c1-3-14(9-7-12-8-9)11-10(15-2)5-4-6-13-11/h4-6,9,12H,3,7-8H2,1-2H3. The number of anilines is 1. The Morgan fingerprint density at radius 3 is 2.93 bits per heavy atom. The minimum absolute atomic E-state index is 0.554. The molecule has 0 bridgehead atoms. The summed E-state index contributed by atoms with van der Waals surface area (Å²) in [5, 5.41) is 3.27. The van der Waals surface area contributed by atoms with Gasteiger partial charge >= 0.3 is 0 Å². The van der Waals surface area contributed by atoms with Crippen LogP contribution in [0.15, 0.2) is 18.3 Å². The van der Waals surface area contributed by atoms with Crippen LogP contribution in [0.5, 0.6) is 5.75 Å². The Hall–Kier alpha value is -1.29. The molecule has 15 heavy (non-hydrogen) atoms. The molecule has 2 rings (SSSR count). The van der Waals surface area contributed by atoms with E-state index in [9.17, 15) is 0 Å². The number of hydrogen-bond donors (Lipinski definition) is 1. The fraction of sp³-hybridized carbons (Fsp3) is 0.545. The number of nitrogens with one attached hydrogen (secondary N) is 1. The molecule has 0 aliphatic carbocycles. The summed E-state index contributed by atoms with van der Waals surface area (Å²) in [5.74, 6) is 1.81. The predicted octanol–water partition coefficient (Wildman–Crippen LogP) is 0.888. The van der Waals surface area contributed by atoms with Crippen LogP contribution in [-0.4, -0.2) is 37.8 Å². The van der Waals surface area contributed by atoms with E-state index in [2.05, 4.69) is 22.1 Å². The highest BCUT2D eigenvalue weighted by Gasteiger charge is 2.26. The lowest BCUT2D eigenvalue weighted by molar-refractivity contribution is 0.391. The van der Waals surface area contributed by atoms with E-state index in [0.29, 0.717) is 6.04 Å². The van der Waals surface area contributed by atoms with Crippen molar-refractivity contribution in [2.24, 2.45) is 0 Å². The van der Waals surface area contributed by atoms with Crippen LogP contribution in [0.2, 0.25) is 0 Å². The van der Waals surface area contributed by atoms with Crippen LogP contribution >= 0.6 is 0 Å². The first kappa shape index (κ1) is 10.2. The lowest BCUT2D eigenvalue weighted by Gasteiger charge is -2.38. The predicted molar refractivity (Wildman–Crippen MR) is 60.5 cm³/mol. The molecule has 1 N–H and O–H groups in total. The summed E-state index contributed by atoms with van der Waals surface area (Å²) in [7, 11) is 1.69. The summed E-state index contributed by atoms with van der Waals surface area (Å²) in [5.41, 5.74) is 0. The summed E-state index contributed by atoms with van der Waals surface area (Å²) in [6.45, 7) is 5.17. The van der Waals surface area contributed by atoms with E-state index in [1.54, 1.807) is 7.11 Å². The smallest absolute Gasteiger partial charge is 0.171 e. The molecule has 82 valence electrons. The van der Waals surface area contributed by atoms with Crippen molar-refractivity contribution in [3.63, 3.8) is 0 Å². The van der Waals surface area contributed by atoms with Crippen LogP contribution in [0, 0.1) is 0 Å². The topological polar surface area (TPSA) is 37.4 Å². The van der Waals surface area contributed by atoms with Gasteiger partial charge in [-0.2, -0.15) is 0 Å². The third kappa shape index (κ3) is 1.90. The van der Waals surface area contributed by atoms with Crippen LogP contribution in [0.25, 0.3) is 0 Å². The fourth-order valence-electron chi connectivity index (χ4n) is 1.83. The normalized spacial score (nSPS) is 15.9. The van der Waals surface area contributed by atoms with E-state index in [-0.39, 0.29) is 0 Å². The van der Waals surface area contributed by atoms with Gasteiger partial charge in [-0.3, -0.25) is 0 Å². The Morgan fingerprint density at radius 1 is 1.60 bits per heavy atom. The molecule has 0 atom stereocenters. The molecule has 4 nitrogen and oxygen atoms in total. The molecular formula is C11H17N3O. The van der Waals surface area contributed by atoms with Gasteiger partial charge in [-0.15, -0.1) is 0 Å². The molecule has 1 aromatic rings. The highest BCUT2D eigenvalue weighted by molar-refractivity contribution is 5.53. The largest absolute Gasteiger partial charge is 0.493 e. The number of ether oxygens (including phenoxy) is 1. The van der Waals surface area contributed by atoms with Crippen molar-refractivity contribution in [2.45, 2.75) is 13.0 Å². The van der Waals surface area contributed by atoms with E-state index >= 15 is 0 Å². The molecule has 0 unspecified atom stereocenters. The third-order valence-corrected chi connectivity index (χ3v) is 2.78. The Kier molecular flexibility index (Phi) is 3.06. The minimum atomic E-state index is 0.554. The van der Waals surface area contributed by atoms with Crippen LogP contribution in [0.1, 0.15) is 6.92 Å². The van der Waals surface area contributed by atoms with Gasteiger partial charge < -0.3 is 15.0 Å². The molecule has 0 saturated carbocycles. The van der Waals surface area contributed by atoms with Crippen molar-refractivity contribution in [1.29, 1.82) is 0 Å². The van der Waals surface area contributed by atoms with Crippen molar-refractivity contribution in [1.82, 2.24) is 10.3 Å². The van der Waals surface area contributed by atoms with Gasteiger partial charge in [-0.25, -0.2) is 4.98 Å². The molecule has 4 heteroatoms. The quantitative estimate of drug-likeness (QED) is 0.795. The third-order valence-electron chi connectivity index (χ3n) is 2.78. The number of nitrogens with zero attached hydrogens (tertiary/aromatic N) is 2. The highest BCUT2D eigenvalue weighted by Crippen LogP contribution is 2.26. The SMILES string of the molecule is CCN(c1ncccc1OC)C1CNC1. The summed E-state index contributed by atoms with van der Waals surface area (Å²) in [4.78, 5) is 6.68. The number of aromatic nitrogens is 1. The Balaban J connectivity index is 2.24. The molecule has 2 heterocycles. The molecule has 1 aliphatic rings. The molecule has 1 aliphatic heterocycles. The van der Waals surface area contributed by atoms with Crippen molar-refractivity contribution >= 4 is 5.82 Å². The van der Waals surface area contributed by atoms with Crippen LogP contribution in [-0.2, 0) is 0 Å². The van der Waals surface area contributed by atoms with E-state index in [1.807, 2.05) is 18.3 Å². The lowest BCUT2D eigenvalue weighted by atomic mass is 10.1. The number of methoxy groups -OCH3 is 1. The Bertz CT molecular complexity index is 325. The second kappa shape index (κ2) is 4.49. The van der Waals surface area contributed by atoms with Gasteiger partial charge in [0.1, 0.15) is 0 Å². The molecule has 0 aromatic carbocycles. The summed E-state index contributed by atoms with van der Waals surface area (Å²) in [6, 6.07) is 4.41. The molecule has 1 saturated heterocycles. The Morgan fingerprint density at radius 2 is 2.40 bits per heavy atom. The van der Waals surface area contributed by atoms with Gasteiger partial charge in [0.2, 0.25) is 0 Å². The van der Waals surface area contributed by atoms with Gasteiger partial charge in [0.25, 0.3) is 0 Å². The average molecular weight is 207 g/mol. The van der Waals surface area contributed by atoms with Gasteiger partial charge in [-0.1, -0.05) is 0 Å². The minimum Gasteiger partial charge on any atom is -0.493 e. The zero-order valence-corrected chi connectivity index (χ0v) is 9.23.